The number of hydrogen-bond acceptors (Lipinski definition) is 3. The van der Waals surface area contributed by atoms with E-state index >= 15 is 0 Å². The van der Waals surface area contributed by atoms with Crippen LogP contribution in [0.2, 0.25) is 0 Å². The van der Waals surface area contributed by atoms with Crippen LogP contribution in [-0.4, -0.2) is 24.6 Å². The van der Waals surface area contributed by atoms with Crippen molar-refractivity contribution in [3.8, 4) is 11.1 Å². The molecule has 0 amide bonds. The van der Waals surface area contributed by atoms with E-state index in [0.717, 1.165) is 47.4 Å². The average molecular weight is 352 g/mol. The summed E-state index contributed by atoms with van der Waals surface area (Å²) in [7, 11) is 0. The Kier molecular flexibility index (Phi) is 4.55. The molecule has 1 saturated heterocycles. The van der Waals surface area contributed by atoms with E-state index in [9.17, 15) is 4.39 Å². The highest BCUT2D eigenvalue weighted by atomic mass is 19.1. The maximum atomic E-state index is 14.5. The lowest BCUT2D eigenvalue weighted by molar-refractivity contribution is 0.393. The highest BCUT2D eigenvalue weighted by molar-refractivity contribution is 5.98. The van der Waals surface area contributed by atoms with E-state index in [2.05, 4.69) is 15.6 Å². The summed E-state index contributed by atoms with van der Waals surface area (Å²) >= 11 is 0. The molecular weight excluding hydrogens is 327 g/mol. The summed E-state index contributed by atoms with van der Waals surface area (Å²) in [5, 5.41) is 8.08. The third kappa shape index (κ3) is 3.27. The van der Waals surface area contributed by atoms with Crippen molar-refractivity contribution in [3.05, 3.63) is 47.8 Å². The first-order chi connectivity index (χ1) is 12.6. The quantitative estimate of drug-likeness (QED) is 0.567. The van der Waals surface area contributed by atoms with Crippen LogP contribution in [0.15, 0.2) is 36.4 Å². The number of H-pyrrole nitrogens is 1. The van der Waals surface area contributed by atoms with Crippen molar-refractivity contribution >= 4 is 22.4 Å². The second-order valence-electron chi connectivity index (χ2n) is 7.23. The Bertz CT molecular complexity index is 905. The van der Waals surface area contributed by atoms with Gasteiger partial charge >= 0.3 is 0 Å². The van der Waals surface area contributed by atoms with Gasteiger partial charge in [-0.3, -0.25) is 0 Å². The van der Waals surface area contributed by atoms with Crippen LogP contribution in [0.4, 0.5) is 15.9 Å². The van der Waals surface area contributed by atoms with E-state index < -0.39 is 0 Å². The van der Waals surface area contributed by atoms with Crippen molar-refractivity contribution in [3.63, 3.8) is 0 Å². The Morgan fingerprint density at radius 3 is 2.92 bits per heavy atom. The number of benzene rings is 2. The molecule has 1 aliphatic heterocycles. The molecule has 1 aromatic heterocycles. The molecule has 0 unspecified atom stereocenters. The van der Waals surface area contributed by atoms with Crippen molar-refractivity contribution in [1.29, 1.82) is 0 Å². The Balaban J connectivity index is 1.73. The molecular formula is C21H25FN4. The van der Waals surface area contributed by atoms with E-state index in [-0.39, 0.29) is 5.82 Å². The number of aryl methyl sites for hydroxylation is 1. The molecule has 0 aliphatic carbocycles. The van der Waals surface area contributed by atoms with Gasteiger partial charge in [0.15, 0.2) is 0 Å². The summed E-state index contributed by atoms with van der Waals surface area (Å²) in [4.78, 5) is 3.19. The molecule has 4 nitrogen and oxygen atoms in total. The molecule has 0 radical (unpaired) electrons. The van der Waals surface area contributed by atoms with Crippen LogP contribution in [0.5, 0.6) is 0 Å². The van der Waals surface area contributed by atoms with Crippen molar-refractivity contribution in [2.24, 2.45) is 5.92 Å². The van der Waals surface area contributed by atoms with Gasteiger partial charge < -0.3 is 21.4 Å². The minimum Gasteiger partial charge on any atom is -0.385 e. The number of piperidine rings is 1. The number of halogens is 1. The van der Waals surface area contributed by atoms with Crippen molar-refractivity contribution in [2.45, 2.75) is 19.8 Å². The van der Waals surface area contributed by atoms with Crippen LogP contribution in [-0.2, 0) is 0 Å². The van der Waals surface area contributed by atoms with E-state index in [1.54, 1.807) is 6.07 Å². The SMILES string of the molecule is Cc1cccc(F)c1-c1cc(NC[C@H]2CCCNC2)c2cc(N)[nH]c2c1. The highest BCUT2D eigenvalue weighted by Gasteiger charge is 2.16. The van der Waals surface area contributed by atoms with Gasteiger partial charge in [-0.15, -0.1) is 0 Å². The van der Waals surface area contributed by atoms with E-state index in [1.807, 2.05) is 31.2 Å². The second kappa shape index (κ2) is 7.00. The van der Waals surface area contributed by atoms with Crippen LogP contribution in [0, 0.1) is 18.7 Å². The molecule has 1 atom stereocenters. The molecule has 2 aromatic carbocycles. The Morgan fingerprint density at radius 2 is 2.15 bits per heavy atom. The fourth-order valence-electron chi connectivity index (χ4n) is 3.90. The predicted molar refractivity (Wildman–Crippen MR) is 107 cm³/mol. The number of nitrogen functional groups attached to an aromatic ring is 1. The number of rotatable bonds is 4. The fourth-order valence-corrected chi connectivity index (χ4v) is 3.90. The Morgan fingerprint density at radius 1 is 1.27 bits per heavy atom. The molecule has 136 valence electrons. The van der Waals surface area contributed by atoms with Crippen molar-refractivity contribution < 1.29 is 4.39 Å². The normalized spacial score (nSPS) is 17.5. The van der Waals surface area contributed by atoms with Crippen LogP contribution in [0.1, 0.15) is 18.4 Å². The Hall–Kier alpha value is -2.53. The first-order valence-corrected chi connectivity index (χ1v) is 9.24. The number of nitrogens with one attached hydrogen (secondary N) is 3. The average Bonchev–Trinajstić information content (AvgIpc) is 3.01. The monoisotopic (exact) mass is 352 g/mol. The maximum Gasteiger partial charge on any atom is 0.131 e. The first-order valence-electron chi connectivity index (χ1n) is 9.24. The lowest BCUT2D eigenvalue weighted by Crippen LogP contribution is -2.33. The summed E-state index contributed by atoms with van der Waals surface area (Å²) in [6.45, 7) is 4.98. The summed E-state index contributed by atoms with van der Waals surface area (Å²) in [6.07, 6.45) is 2.44. The van der Waals surface area contributed by atoms with Crippen LogP contribution < -0.4 is 16.4 Å². The zero-order chi connectivity index (χ0) is 18.1. The van der Waals surface area contributed by atoms with Gasteiger partial charge in [-0.1, -0.05) is 12.1 Å². The highest BCUT2D eigenvalue weighted by Crippen LogP contribution is 2.35. The summed E-state index contributed by atoms with van der Waals surface area (Å²) in [5.74, 6) is 1.02. The minimum absolute atomic E-state index is 0.202. The minimum atomic E-state index is -0.202. The first kappa shape index (κ1) is 16.9. The standard InChI is InChI=1S/C21H25FN4/c1-13-4-2-6-17(22)21(13)15-8-18(16-10-20(23)26-19(16)9-15)25-12-14-5-3-7-24-11-14/h2,4,6,8-10,14,24-26H,3,5,7,11-12,23H2,1H3/t14-/m0/s1. The topological polar surface area (TPSA) is 65.9 Å². The number of aromatic amines is 1. The smallest absolute Gasteiger partial charge is 0.131 e. The predicted octanol–water partition coefficient (Wildman–Crippen LogP) is 4.28. The summed E-state index contributed by atoms with van der Waals surface area (Å²) in [6, 6.07) is 11.1. The molecule has 0 spiro atoms. The third-order valence-electron chi connectivity index (χ3n) is 5.25. The van der Waals surface area contributed by atoms with Crippen molar-refractivity contribution in [1.82, 2.24) is 10.3 Å². The third-order valence-corrected chi connectivity index (χ3v) is 5.25. The zero-order valence-electron chi connectivity index (χ0n) is 15.0. The molecule has 3 aromatic rings. The molecule has 1 fully saturated rings. The lowest BCUT2D eigenvalue weighted by atomic mass is 9.97. The summed E-state index contributed by atoms with van der Waals surface area (Å²) in [5.41, 5.74) is 10.3. The number of anilines is 2. The molecule has 4 rings (SSSR count). The second-order valence-corrected chi connectivity index (χ2v) is 7.23. The van der Waals surface area contributed by atoms with Gasteiger partial charge in [0.25, 0.3) is 0 Å². The van der Waals surface area contributed by atoms with E-state index in [1.165, 1.54) is 18.9 Å². The van der Waals surface area contributed by atoms with Gasteiger partial charge in [0.2, 0.25) is 0 Å². The van der Waals surface area contributed by atoms with Gasteiger partial charge in [-0.2, -0.15) is 0 Å². The van der Waals surface area contributed by atoms with Gasteiger partial charge in [-0.25, -0.2) is 4.39 Å². The number of nitrogens with two attached hydrogens (primary N) is 1. The largest absolute Gasteiger partial charge is 0.385 e. The number of fused-ring (bicyclic) bond motifs is 1. The maximum absolute atomic E-state index is 14.5. The van der Waals surface area contributed by atoms with Crippen LogP contribution >= 0.6 is 0 Å². The fraction of sp³-hybridized carbons (Fsp3) is 0.333. The van der Waals surface area contributed by atoms with Gasteiger partial charge in [-0.05, 0) is 74.2 Å². The molecule has 5 N–H and O–H groups in total. The van der Waals surface area contributed by atoms with Crippen molar-refractivity contribution in [2.75, 3.05) is 30.7 Å². The zero-order valence-corrected chi connectivity index (χ0v) is 15.0. The molecule has 0 bridgehead atoms. The lowest BCUT2D eigenvalue weighted by Gasteiger charge is -2.23. The number of aromatic nitrogens is 1. The summed E-state index contributed by atoms with van der Waals surface area (Å²) < 4.78 is 14.5. The van der Waals surface area contributed by atoms with Crippen LogP contribution in [0.25, 0.3) is 22.0 Å². The molecule has 26 heavy (non-hydrogen) atoms. The molecule has 0 saturated carbocycles. The Labute approximate surface area is 153 Å². The number of hydrogen-bond donors (Lipinski definition) is 4. The van der Waals surface area contributed by atoms with Gasteiger partial charge in [0, 0.05) is 28.7 Å². The molecule has 1 aliphatic rings. The van der Waals surface area contributed by atoms with E-state index in [4.69, 9.17) is 5.73 Å². The van der Waals surface area contributed by atoms with Gasteiger partial charge in [0.1, 0.15) is 11.6 Å². The molecule has 5 heteroatoms. The molecule has 2 heterocycles. The van der Waals surface area contributed by atoms with Gasteiger partial charge in [0.05, 0.1) is 0 Å². The van der Waals surface area contributed by atoms with E-state index in [0.29, 0.717) is 17.3 Å². The van der Waals surface area contributed by atoms with Crippen LogP contribution in [0.3, 0.4) is 0 Å².